The number of fused-ring (bicyclic) bond motifs is 5. The Kier molecular flexibility index (Phi) is 2.90. The first-order chi connectivity index (χ1) is 10.3. The first-order valence-electron chi connectivity index (χ1n) is 7.68. The minimum Gasteiger partial charge on any atom is -0.235 e. The summed E-state index contributed by atoms with van der Waals surface area (Å²) < 4.78 is 2.35. The maximum Gasteiger partial charge on any atom is 0.150 e. The van der Waals surface area contributed by atoms with E-state index in [1.54, 1.807) is 17.7 Å². The Morgan fingerprint density at radius 1 is 1.00 bits per heavy atom. The van der Waals surface area contributed by atoms with Crippen LogP contribution >= 0.6 is 22.9 Å². The van der Waals surface area contributed by atoms with Crippen molar-refractivity contribution in [2.45, 2.75) is 51.4 Å². The van der Waals surface area contributed by atoms with Crippen LogP contribution in [0.1, 0.15) is 51.7 Å². The molecule has 1 aliphatic rings. The normalized spacial score (nSPS) is 19.5. The number of aromatic nitrogens is 2. The summed E-state index contributed by atoms with van der Waals surface area (Å²) in [6.07, 6.45) is 4.00. The van der Waals surface area contributed by atoms with E-state index in [0.717, 1.165) is 10.2 Å². The molecule has 0 fully saturated rings. The Bertz CT molecular complexity index is 908. The molecule has 2 aromatic heterocycles. The predicted molar refractivity (Wildman–Crippen MR) is 95.2 cm³/mol. The molecule has 0 amide bonds. The molecule has 0 aliphatic heterocycles. The minimum absolute atomic E-state index is 0.186. The lowest BCUT2D eigenvalue weighted by Gasteiger charge is -2.42. The molecule has 4 heteroatoms. The van der Waals surface area contributed by atoms with Gasteiger partial charge in [-0.05, 0) is 34.8 Å². The van der Waals surface area contributed by atoms with Crippen LogP contribution in [-0.2, 0) is 10.8 Å². The van der Waals surface area contributed by atoms with Crippen molar-refractivity contribution >= 4 is 43.2 Å². The molecule has 114 valence electrons. The first kappa shape index (κ1) is 14.4. The number of benzene rings is 1. The van der Waals surface area contributed by atoms with Gasteiger partial charge in [0, 0.05) is 10.1 Å². The lowest BCUT2D eigenvalue weighted by Crippen LogP contribution is -2.33. The van der Waals surface area contributed by atoms with E-state index in [1.165, 1.54) is 34.1 Å². The van der Waals surface area contributed by atoms with E-state index in [-0.39, 0.29) is 10.8 Å². The van der Waals surface area contributed by atoms with Gasteiger partial charge in [0.2, 0.25) is 0 Å². The molecular formula is C18H19ClN2S. The zero-order valence-electron chi connectivity index (χ0n) is 13.3. The van der Waals surface area contributed by atoms with Crippen molar-refractivity contribution in [1.29, 1.82) is 0 Å². The summed E-state index contributed by atoms with van der Waals surface area (Å²) in [5.74, 6) is 0. The first-order valence-corrected chi connectivity index (χ1v) is 8.87. The Hall–Kier alpha value is -1.19. The quantitative estimate of drug-likeness (QED) is 0.483. The van der Waals surface area contributed by atoms with Crippen LogP contribution in [0.4, 0.5) is 0 Å². The van der Waals surface area contributed by atoms with Crippen molar-refractivity contribution in [3.05, 3.63) is 34.7 Å². The van der Waals surface area contributed by atoms with Gasteiger partial charge in [-0.15, -0.1) is 11.3 Å². The molecule has 1 aliphatic carbocycles. The summed E-state index contributed by atoms with van der Waals surface area (Å²) in [6.45, 7) is 9.43. The van der Waals surface area contributed by atoms with Gasteiger partial charge in [-0.1, -0.05) is 51.4 Å². The molecule has 0 unspecified atom stereocenters. The molecule has 2 nitrogen and oxygen atoms in total. The number of rotatable bonds is 0. The number of hydrogen-bond donors (Lipinski definition) is 0. The van der Waals surface area contributed by atoms with E-state index >= 15 is 0 Å². The molecule has 4 rings (SSSR count). The SMILES string of the molecule is CC1(C)CCC(C)(C)c2c1ccc1c2sc2c(Cl)ncnc21. The minimum atomic E-state index is 0.186. The third-order valence-corrected chi connectivity index (χ3v) is 6.78. The maximum absolute atomic E-state index is 6.30. The standard InChI is InChI=1S/C18H19ClN2S/c1-17(2)7-8-18(3,4)12-11(17)6-5-10-13-15(22-14(10)12)16(19)21-9-20-13/h5-6,9H,7-8H2,1-4H3. The fourth-order valence-corrected chi connectivity index (χ4v) is 5.34. The highest BCUT2D eigenvalue weighted by atomic mass is 35.5. The van der Waals surface area contributed by atoms with E-state index in [9.17, 15) is 0 Å². The van der Waals surface area contributed by atoms with E-state index in [2.05, 4.69) is 49.8 Å². The second-order valence-electron chi connectivity index (χ2n) is 7.58. The fourth-order valence-electron chi connectivity index (χ4n) is 3.73. The van der Waals surface area contributed by atoms with Gasteiger partial charge in [0.1, 0.15) is 11.5 Å². The van der Waals surface area contributed by atoms with Crippen LogP contribution in [0.2, 0.25) is 5.15 Å². The molecule has 22 heavy (non-hydrogen) atoms. The van der Waals surface area contributed by atoms with Gasteiger partial charge in [0.25, 0.3) is 0 Å². The topological polar surface area (TPSA) is 25.8 Å². The summed E-state index contributed by atoms with van der Waals surface area (Å²) in [4.78, 5) is 8.62. The highest BCUT2D eigenvalue weighted by Gasteiger charge is 2.38. The van der Waals surface area contributed by atoms with Gasteiger partial charge in [-0.2, -0.15) is 0 Å². The van der Waals surface area contributed by atoms with Gasteiger partial charge in [0.15, 0.2) is 0 Å². The predicted octanol–water partition coefficient (Wildman–Crippen LogP) is 5.85. The summed E-state index contributed by atoms with van der Waals surface area (Å²) in [6, 6.07) is 4.53. The number of nitrogens with zero attached hydrogens (tertiary/aromatic N) is 2. The second kappa shape index (κ2) is 4.42. The Balaban J connectivity index is 2.20. The van der Waals surface area contributed by atoms with Crippen LogP contribution in [-0.4, -0.2) is 9.97 Å². The van der Waals surface area contributed by atoms with Crippen molar-refractivity contribution in [1.82, 2.24) is 9.97 Å². The van der Waals surface area contributed by atoms with E-state index in [4.69, 9.17) is 11.6 Å². The molecule has 0 atom stereocenters. The van der Waals surface area contributed by atoms with Crippen molar-refractivity contribution < 1.29 is 0 Å². The van der Waals surface area contributed by atoms with Crippen LogP contribution < -0.4 is 0 Å². The molecule has 0 bridgehead atoms. The molecule has 2 heterocycles. The zero-order chi connectivity index (χ0) is 15.7. The lowest BCUT2D eigenvalue weighted by molar-refractivity contribution is 0.335. The molecule has 0 radical (unpaired) electrons. The van der Waals surface area contributed by atoms with Gasteiger partial charge in [-0.3, -0.25) is 0 Å². The highest BCUT2D eigenvalue weighted by Crippen LogP contribution is 2.51. The molecule has 0 spiro atoms. The van der Waals surface area contributed by atoms with Gasteiger partial charge in [0.05, 0.1) is 10.2 Å². The molecular weight excluding hydrogens is 312 g/mol. The summed E-state index contributed by atoms with van der Waals surface area (Å²) >= 11 is 8.05. The Morgan fingerprint density at radius 2 is 1.73 bits per heavy atom. The van der Waals surface area contributed by atoms with Gasteiger partial charge in [-0.25, -0.2) is 9.97 Å². The largest absolute Gasteiger partial charge is 0.235 e. The number of hydrogen-bond acceptors (Lipinski definition) is 3. The summed E-state index contributed by atoms with van der Waals surface area (Å²) in [5.41, 5.74) is 4.37. The van der Waals surface area contributed by atoms with Gasteiger partial charge >= 0.3 is 0 Å². The molecule has 0 saturated carbocycles. The highest BCUT2D eigenvalue weighted by molar-refractivity contribution is 7.26. The third-order valence-electron chi connectivity index (χ3n) is 5.16. The number of thiophene rings is 1. The lowest BCUT2D eigenvalue weighted by atomic mass is 9.63. The maximum atomic E-state index is 6.30. The average molecular weight is 331 g/mol. The molecule has 0 N–H and O–H groups in total. The smallest absolute Gasteiger partial charge is 0.150 e. The fraction of sp³-hybridized carbons (Fsp3) is 0.444. The van der Waals surface area contributed by atoms with Crippen LogP contribution in [0.15, 0.2) is 18.5 Å². The third kappa shape index (κ3) is 1.85. The molecule has 3 aromatic rings. The molecule has 1 aromatic carbocycles. The van der Waals surface area contributed by atoms with Crippen molar-refractivity contribution in [3.8, 4) is 0 Å². The Morgan fingerprint density at radius 3 is 2.50 bits per heavy atom. The van der Waals surface area contributed by atoms with E-state index in [0.29, 0.717) is 5.15 Å². The molecule has 0 saturated heterocycles. The zero-order valence-corrected chi connectivity index (χ0v) is 14.9. The van der Waals surface area contributed by atoms with Crippen molar-refractivity contribution in [2.75, 3.05) is 0 Å². The summed E-state index contributed by atoms with van der Waals surface area (Å²) in [5, 5.41) is 1.78. The average Bonchev–Trinajstić information content (AvgIpc) is 2.83. The van der Waals surface area contributed by atoms with E-state index < -0.39 is 0 Å². The second-order valence-corrected chi connectivity index (χ2v) is 8.96. The van der Waals surface area contributed by atoms with Crippen molar-refractivity contribution in [2.24, 2.45) is 0 Å². The monoisotopic (exact) mass is 330 g/mol. The Labute approximate surface area is 139 Å². The van der Waals surface area contributed by atoms with Crippen LogP contribution in [0.3, 0.4) is 0 Å². The number of halogens is 1. The van der Waals surface area contributed by atoms with Crippen molar-refractivity contribution in [3.63, 3.8) is 0 Å². The van der Waals surface area contributed by atoms with E-state index in [1.807, 2.05) is 0 Å². The van der Waals surface area contributed by atoms with Gasteiger partial charge < -0.3 is 0 Å². The summed E-state index contributed by atoms with van der Waals surface area (Å²) in [7, 11) is 0. The van der Waals surface area contributed by atoms with Crippen LogP contribution in [0.5, 0.6) is 0 Å². The van der Waals surface area contributed by atoms with Crippen LogP contribution in [0.25, 0.3) is 20.3 Å². The van der Waals surface area contributed by atoms with Crippen LogP contribution in [0, 0.1) is 0 Å².